The number of ether oxygens (including phenoxy) is 1. The first-order valence-corrected chi connectivity index (χ1v) is 5.60. The van der Waals surface area contributed by atoms with Crippen molar-refractivity contribution in [2.75, 3.05) is 6.61 Å². The van der Waals surface area contributed by atoms with Crippen LogP contribution in [0.1, 0.15) is 5.56 Å². The highest BCUT2D eigenvalue weighted by Gasteiger charge is 2.55. The Bertz CT molecular complexity index is 393. The zero-order valence-corrected chi connectivity index (χ0v) is 9.55. The Labute approximate surface area is 104 Å². The van der Waals surface area contributed by atoms with Crippen molar-refractivity contribution in [3.8, 4) is 0 Å². The van der Waals surface area contributed by atoms with E-state index in [1.54, 1.807) is 30.3 Å². The SMILES string of the molecule is OC[C@H]1O[C@H](O)[C@@H](O)[C@@H](O)[C@@]1(O)c1ccccc1. The number of aliphatic hydroxyl groups excluding tert-OH is 4. The number of hydrogen-bond donors (Lipinski definition) is 5. The molecular formula is C12H16O6. The maximum atomic E-state index is 10.6. The third-order valence-electron chi connectivity index (χ3n) is 3.26. The molecule has 1 aromatic rings. The average molecular weight is 256 g/mol. The van der Waals surface area contributed by atoms with Gasteiger partial charge in [-0.25, -0.2) is 0 Å². The first-order chi connectivity index (χ1) is 8.51. The summed E-state index contributed by atoms with van der Waals surface area (Å²) in [5.74, 6) is 0. The fraction of sp³-hybridized carbons (Fsp3) is 0.500. The summed E-state index contributed by atoms with van der Waals surface area (Å²) < 4.78 is 4.93. The molecule has 1 aromatic carbocycles. The van der Waals surface area contributed by atoms with Gasteiger partial charge in [-0.15, -0.1) is 0 Å². The molecule has 0 unspecified atom stereocenters. The van der Waals surface area contributed by atoms with Gasteiger partial charge in [0.05, 0.1) is 6.61 Å². The summed E-state index contributed by atoms with van der Waals surface area (Å²) in [6.45, 7) is -0.605. The molecule has 100 valence electrons. The van der Waals surface area contributed by atoms with Crippen LogP contribution in [0.15, 0.2) is 30.3 Å². The molecule has 6 nitrogen and oxygen atoms in total. The summed E-state index contributed by atoms with van der Waals surface area (Å²) >= 11 is 0. The molecule has 18 heavy (non-hydrogen) atoms. The van der Waals surface area contributed by atoms with Crippen molar-refractivity contribution in [2.45, 2.75) is 30.2 Å². The van der Waals surface area contributed by atoms with E-state index in [4.69, 9.17) is 4.74 Å². The van der Waals surface area contributed by atoms with E-state index in [-0.39, 0.29) is 0 Å². The molecule has 0 aliphatic carbocycles. The van der Waals surface area contributed by atoms with E-state index >= 15 is 0 Å². The largest absolute Gasteiger partial charge is 0.394 e. The van der Waals surface area contributed by atoms with Gasteiger partial charge in [0.1, 0.15) is 23.9 Å². The highest BCUT2D eigenvalue weighted by molar-refractivity contribution is 5.27. The van der Waals surface area contributed by atoms with Crippen molar-refractivity contribution < 1.29 is 30.3 Å². The molecule has 1 aliphatic rings. The van der Waals surface area contributed by atoms with Gasteiger partial charge in [0.25, 0.3) is 0 Å². The second-order valence-corrected chi connectivity index (χ2v) is 4.32. The van der Waals surface area contributed by atoms with Crippen molar-refractivity contribution in [1.82, 2.24) is 0 Å². The lowest BCUT2D eigenvalue weighted by molar-refractivity contribution is -0.325. The smallest absolute Gasteiger partial charge is 0.184 e. The van der Waals surface area contributed by atoms with Crippen LogP contribution in [0.3, 0.4) is 0 Å². The molecule has 0 bridgehead atoms. The van der Waals surface area contributed by atoms with E-state index in [2.05, 4.69) is 0 Å². The Morgan fingerprint density at radius 1 is 1.11 bits per heavy atom. The fourth-order valence-electron chi connectivity index (χ4n) is 2.20. The number of hydrogen-bond acceptors (Lipinski definition) is 6. The zero-order valence-electron chi connectivity index (χ0n) is 9.55. The Hall–Kier alpha value is -1.02. The summed E-state index contributed by atoms with van der Waals surface area (Å²) in [6, 6.07) is 8.10. The molecule has 2 rings (SSSR count). The summed E-state index contributed by atoms with van der Waals surface area (Å²) in [5, 5.41) is 48.7. The molecular weight excluding hydrogens is 240 g/mol. The summed E-state index contributed by atoms with van der Waals surface area (Å²) in [4.78, 5) is 0. The minimum atomic E-state index is -1.98. The third-order valence-corrected chi connectivity index (χ3v) is 3.26. The van der Waals surface area contributed by atoms with Gasteiger partial charge in [0, 0.05) is 0 Å². The predicted octanol–water partition coefficient (Wildman–Crippen LogP) is -1.69. The van der Waals surface area contributed by atoms with Crippen molar-refractivity contribution >= 4 is 0 Å². The Morgan fingerprint density at radius 3 is 2.28 bits per heavy atom. The van der Waals surface area contributed by atoms with E-state index < -0.39 is 36.8 Å². The minimum absolute atomic E-state index is 0.294. The minimum Gasteiger partial charge on any atom is -0.394 e. The lowest BCUT2D eigenvalue weighted by atomic mass is 9.79. The average Bonchev–Trinajstić information content (AvgIpc) is 2.41. The van der Waals surface area contributed by atoms with Gasteiger partial charge in [-0.2, -0.15) is 0 Å². The van der Waals surface area contributed by atoms with Crippen LogP contribution in [0.25, 0.3) is 0 Å². The Kier molecular flexibility index (Phi) is 3.67. The van der Waals surface area contributed by atoms with E-state index in [1.807, 2.05) is 0 Å². The number of aliphatic hydroxyl groups is 5. The van der Waals surface area contributed by atoms with E-state index in [0.29, 0.717) is 5.56 Å². The van der Waals surface area contributed by atoms with Gasteiger partial charge < -0.3 is 30.3 Å². The maximum absolute atomic E-state index is 10.6. The van der Waals surface area contributed by atoms with Crippen LogP contribution in [-0.4, -0.2) is 56.7 Å². The van der Waals surface area contributed by atoms with Crippen molar-refractivity contribution in [2.24, 2.45) is 0 Å². The van der Waals surface area contributed by atoms with Crippen LogP contribution >= 0.6 is 0 Å². The van der Waals surface area contributed by atoms with Crippen LogP contribution in [0, 0.1) is 0 Å². The van der Waals surface area contributed by atoms with Crippen molar-refractivity contribution in [3.05, 3.63) is 35.9 Å². The number of benzene rings is 1. The van der Waals surface area contributed by atoms with Crippen LogP contribution in [0.4, 0.5) is 0 Å². The van der Waals surface area contributed by atoms with Crippen molar-refractivity contribution in [1.29, 1.82) is 0 Å². The van der Waals surface area contributed by atoms with Crippen LogP contribution in [-0.2, 0) is 10.3 Å². The van der Waals surface area contributed by atoms with Gasteiger partial charge in [0.15, 0.2) is 6.29 Å². The maximum Gasteiger partial charge on any atom is 0.184 e. The standard InChI is InChI=1S/C12H16O6/c13-6-8-12(17,7-4-2-1-3-5-7)10(15)9(14)11(16)18-8/h1-5,8-11,13-17H,6H2/t8-,9+,10-,11+,12-/m1/s1. The molecule has 5 N–H and O–H groups in total. The second kappa shape index (κ2) is 4.93. The van der Waals surface area contributed by atoms with Crippen LogP contribution in [0.2, 0.25) is 0 Å². The molecule has 0 saturated carbocycles. The molecule has 6 heteroatoms. The van der Waals surface area contributed by atoms with Gasteiger partial charge in [-0.05, 0) is 5.56 Å². The quantitative estimate of drug-likeness (QED) is 0.431. The highest BCUT2D eigenvalue weighted by atomic mass is 16.6. The van der Waals surface area contributed by atoms with E-state index in [9.17, 15) is 25.5 Å². The summed E-state index contributed by atoms with van der Waals surface area (Å²) in [6.07, 6.45) is -6.20. The number of rotatable bonds is 2. The van der Waals surface area contributed by atoms with Gasteiger partial charge in [0.2, 0.25) is 0 Å². The molecule has 5 atom stereocenters. The summed E-state index contributed by atoms with van der Waals surface area (Å²) in [7, 11) is 0. The molecule has 1 heterocycles. The van der Waals surface area contributed by atoms with E-state index in [0.717, 1.165) is 0 Å². The molecule has 1 saturated heterocycles. The van der Waals surface area contributed by atoms with Gasteiger partial charge in [-0.3, -0.25) is 0 Å². The van der Waals surface area contributed by atoms with Crippen LogP contribution in [0.5, 0.6) is 0 Å². The molecule has 0 amide bonds. The fourth-order valence-corrected chi connectivity index (χ4v) is 2.20. The molecule has 1 aliphatic heterocycles. The van der Waals surface area contributed by atoms with Crippen LogP contribution < -0.4 is 0 Å². The summed E-state index contributed by atoms with van der Waals surface area (Å²) in [5.41, 5.74) is -1.68. The van der Waals surface area contributed by atoms with E-state index in [1.165, 1.54) is 0 Å². The van der Waals surface area contributed by atoms with Crippen molar-refractivity contribution in [3.63, 3.8) is 0 Å². The normalized spacial score (nSPS) is 40.7. The lowest BCUT2D eigenvalue weighted by Crippen LogP contribution is -2.64. The Balaban J connectivity index is 2.44. The molecule has 0 radical (unpaired) electrons. The first kappa shape index (κ1) is 13.4. The highest BCUT2D eigenvalue weighted by Crippen LogP contribution is 2.37. The molecule has 0 aromatic heterocycles. The predicted molar refractivity (Wildman–Crippen MR) is 60.3 cm³/mol. The Morgan fingerprint density at radius 2 is 1.72 bits per heavy atom. The molecule has 1 fully saturated rings. The lowest BCUT2D eigenvalue weighted by Gasteiger charge is -2.46. The topological polar surface area (TPSA) is 110 Å². The second-order valence-electron chi connectivity index (χ2n) is 4.32. The third kappa shape index (κ3) is 1.93. The first-order valence-electron chi connectivity index (χ1n) is 5.60. The van der Waals surface area contributed by atoms with Gasteiger partial charge >= 0.3 is 0 Å². The van der Waals surface area contributed by atoms with Gasteiger partial charge in [-0.1, -0.05) is 30.3 Å². The molecule has 0 spiro atoms. The monoisotopic (exact) mass is 256 g/mol. The zero-order chi connectivity index (χ0) is 13.3.